The van der Waals surface area contributed by atoms with Gasteiger partial charge in [0, 0.05) is 24.7 Å². The Kier molecular flexibility index (Phi) is 6.81. The van der Waals surface area contributed by atoms with Crippen LogP contribution in [0.2, 0.25) is 0 Å². The lowest BCUT2D eigenvalue weighted by Gasteiger charge is -2.12. The van der Waals surface area contributed by atoms with Crippen LogP contribution in [0.5, 0.6) is 0 Å². The Labute approximate surface area is 201 Å². The number of nitrogens with one attached hydrogen (secondary N) is 2. The largest absolute Gasteiger partial charge is 0.354 e. The van der Waals surface area contributed by atoms with Crippen LogP contribution in [0.1, 0.15) is 32.3 Å². The fourth-order valence-corrected chi connectivity index (χ4v) is 3.87. The summed E-state index contributed by atoms with van der Waals surface area (Å²) in [5.41, 5.74) is 1.02. The minimum atomic E-state index is -0.547. The first-order valence-electron chi connectivity index (χ1n) is 11.6. The van der Waals surface area contributed by atoms with Gasteiger partial charge in [-0.15, -0.1) is 5.10 Å². The van der Waals surface area contributed by atoms with Crippen LogP contribution >= 0.6 is 0 Å². The summed E-state index contributed by atoms with van der Waals surface area (Å²) in [6, 6.07) is 14.0. The highest BCUT2D eigenvalue weighted by atomic mass is 16.2. The number of nitrogens with zero attached hydrogens (tertiary/aromatic N) is 4. The molecular formula is C25H28N6O4. The van der Waals surface area contributed by atoms with Crippen molar-refractivity contribution in [3.05, 3.63) is 74.9 Å². The number of carbonyl (C=O) groups is 2. The monoisotopic (exact) mass is 476 g/mol. The van der Waals surface area contributed by atoms with Crippen molar-refractivity contribution in [2.24, 2.45) is 0 Å². The molecule has 0 spiro atoms. The molecule has 0 saturated carbocycles. The van der Waals surface area contributed by atoms with Gasteiger partial charge in [0.15, 0.2) is 0 Å². The minimum Gasteiger partial charge on any atom is -0.354 e. The van der Waals surface area contributed by atoms with Crippen LogP contribution in [0.25, 0.3) is 16.7 Å². The number of benzene rings is 2. The Balaban J connectivity index is 1.72. The van der Waals surface area contributed by atoms with E-state index >= 15 is 0 Å². The Morgan fingerprint density at radius 3 is 2.49 bits per heavy atom. The minimum absolute atomic E-state index is 0.0180. The molecule has 2 aromatic heterocycles. The zero-order valence-corrected chi connectivity index (χ0v) is 19.9. The SMILES string of the molecule is CCC(C)NC(=O)CCn1c(=O)c2ccccc2n2c(=O)n(CC(=O)Nc3ccccc3C)nc12. The maximum atomic E-state index is 13.3. The molecule has 1 unspecified atom stereocenters. The van der Waals surface area contributed by atoms with Gasteiger partial charge in [-0.25, -0.2) is 13.9 Å². The van der Waals surface area contributed by atoms with Crippen molar-refractivity contribution in [1.29, 1.82) is 0 Å². The van der Waals surface area contributed by atoms with Gasteiger partial charge in [-0.1, -0.05) is 37.3 Å². The Morgan fingerprint density at radius 1 is 1.03 bits per heavy atom. The van der Waals surface area contributed by atoms with Gasteiger partial charge in [0.1, 0.15) is 6.54 Å². The quantitative estimate of drug-likeness (QED) is 0.403. The molecule has 0 aliphatic rings. The number of aryl methyl sites for hydroxylation is 2. The Hall–Kier alpha value is -4.21. The zero-order chi connectivity index (χ0) is 25.1. The Bertz CT molecular complexity index is 1530. The molecule has 182 valence electrons. The first kappa shape index (κ1) is 23.9. The molecule has 2 aromatic carbocycles. The third-order valence-electron chi connectivity index (χ3n) is 5.98. The number of carbonyl (C=O) groups excluding carboxylic acids is 2. The number of amides is 2. The molecule has 1 atom stereocenters. The maximum Gasteiger partial charge on any atom is 0.352 e. The number of aromatic nitrogens is 4. The number of anilines is 1. The summed E-state index contributed by atoms with van der Waals surface area (Å²) in [4.78, 5) is 51.5. The summed E-state index contributed by atoms with van der Waals surface area (Å²) in [5, 5.41) is 10.3. The van der Waals surface area contributed by atoms with Crippen LogP contribution in [-0.4, -0.2) is 36.6 Å². The number of hydrogen-bond acceptors (Lipinski definition) is 5. The summed E-state index contributed by atoms with van der Waals surface area (Å²) in [5.74, 6) is -0.536. The fraction of sp³-hybridized carbons (Fsp3) is 0.320. The predicted octanol–water partition coefficient (Wildman–Crippen LogP) is 2.06. The number of hydrogen-bond donors (Lipinski definition) is 2. The second kappa shape index (κ2) is 9.96. The third-order valence-corrected chi connectivity index (χ3v) is 5.98. The van der Waals surface area contributed by atoms with Gasteiger partial charge in [0.05, 0.1) is 10.9 Å². The lowest BCUT2D eigenvalue weighted by Crippen LogP contribution is -2.34. The fourth-order valence-electron chi connectivity index (χ4n) is 3.87. The molecule has 4 rings (SSSR count). The highest BCUT2D eigenvalue weighted by Gasteiger charge is 2.19. The van der Waals surface area contributed by atoms with Gasteiger partial charge in [-0.2, -0.15) is 0 Å². The lowest BCUT2D eigenvalue weighted by atomic mass is 10.2. The van der Waals surface area contributed by atoms with Crippen molar-refractivity contribution >= 4 is 34.2 Å². The van der Waals surface area contributed by atoms with E-state index in [9.17, 15) is 19.2 Å². The van der Waals surface area contributed by atoms with E-state index < -0.39 is 11.6 Å². The highest BCUT2D eigenvalue weighted by molar-refractivity contribution is 5.91. The second-order valence-electron chi connectivity index (χ2n) is 8.54. The summed E-state index contributed by atoms with van der Waals surface area (Å²) >= 11 is 0. The molecule has 10 heteroatoms. The summed E-state index contributed by atoms with van der Waals surface area (Å²) < 4.78 is 3.66. The van der Waals surface area contributed by atoms with Crippen molar-refractivity contribution in [1.82, 2.24) is 24.1 Å². The van der Waals surface area contributed by atoms with Crippen molar-refractivity contribution in [2.75, 3.05) is 5.32 Å². The molecule has 2 heterocycles. The molecule has 0 fully saturated rings. The van der Waals surface area contributed by atoms with Crippen LogP contribution in [0.3, 0.4) is 0 Å². The molecule has 35 heavy (non-hydrogen) atoms. The van der Waals surface area contributed by atoms with Crippen LogP contribution in [-0.2, 0) is 22.7 Å². The Morgan fingerprint density at radius 2 is 1.74 bits per heavy atom. The van der Waals surface area contributed by atoms with Gasteiger partial charge in [0.2, 0.25) is 17.6 Å². The zero-order valence-electron chi connectivity index (χ0n) is 19.9. The van der Waals surface area contributed by atoms with E-state index in [0.29, 0.717) is 16.6 Å². The van der Waals surface area contributed by atoms with E-state index in [4.69, 9.17) is 0 Å². The van der Waals surface area contributed by atoms with Crippen LogP contribution in [0.15, 0.2) is 58.1 Å². The van der Waals surface area contributed by atoms with Crippen LogP contribution in [0, 0.1) is 6.92 Å². The van der Waals surface area contributed by atoms with Gasteiger partial charge in [0.25, 0.3) is 5.56 Å². The number of fused-ring (bicyclic) bond motifs is 3. The average Bonchev–Trinajstić information content (AvgIpc) is 3.16. The average molecular weight is 477 g/mol. The molecule has 10 nitrogen and oxygen atoms in total. The molecule has 0 aliphatic heterocycles. The molecular weight excluding hydrogens is 448 g/mol. The standard InChI is InChI=1S/C25H28N6O4/c1-4-17(3)26-21(32)13-14-29-23(34)18-10-6-8-12-20(18)31-24(29)28-30(25(31)35)15-22(33)27-19-11-7-5-9-16(19)2/h5-12,17H,4,13-15H2,1-3H3,(H,26,32)(H,27,33). The topological polar surface area (TPSA) is 120 Å². The normalized spacial score (nSPS) is 12.1. The van der Waals surface area contributed by atoms with Gasteiger partial charge < -0.3 is 10.6 Å². The summed E-state index contributed by atoms with van der Waals surface area (Å²) in [7, 11) is 0. The summed E-state index contributed by atoms with van der Waals surface area (Å²) in [6.45, 7) is 5.46. The molecule has 0 bridgehead atoms. The smallest absolute Gasteiger partial charge is 0.352 e. The lowest BCUT2D eigenvalue weighted by molar-refractivity contribution is -0.122. The van der Waals surface area contributed by atoms with Crippen molar-refractivity contribution in [3.8, 4) is 0 Å². The third kappa shape index (κ3) is 4.86. The van der Waals surface area contributed by atoms with E-state index in [1.54, 1.807) is 30.3 Å². The van der Waals surface area contributed by atoms with E-state index in [1.165, 1.54) is 8.97 Å². The molecule has 4 aromatic rings. The van der Waals surface area contributed by atoms with Crippen molar-refractivity contribution in [2.45, 2.75) is 52.7 Å². The predicted molar refractivity (Wildman–Crippen MR) is 134 cm³/mol. The summed E-state index contributed by atoms with van der Waals surface area (Å²) in [6.07, 6.45) is 0.837. The van der Waals surface area contributed by atoms with Gasteiger partial charge >= 0.3 is 5.69 Å². The molecule has 0 aliphatic carbocycles. The van der Waals surface area contributed by atoms with E-state index in [2.05, 4.69) is 15.7 Å². The molecule has 2 amide bonds. The first-order chi connectivity index (χ1) is 16.8. The van der Waals surface area contributed by atoms with Crippen LogP contribution in [0.4, 0.5) is 5.69 Å². The number of para-hydroxylation sites is 2. The van der Waals surface area contributed by atoms with Gasteiger partial charge in [-0.3, -0.25) is 19.0 Å². The molecule has 0 radical (unpaired) electrons. The van der Waals surface area contributed by atoms with E-state index in [1.807, 2.05) is 39.0 Å². The highest BCUT2D eigenvalue weighted by Crippen LogP contribution is 2.14. The van der Waals surface area contributed by atoms with Gasteiger partial charge in [-0.05, 0) is 44.0 Å². The first-order valence-corrected chi connectivity index (χ1v) is 11.6. The van der Waals surface area contributed by atoms with Crippen molar-refractivity contribution < 1.29 is 9.59 Å². The van der Waals surface area contributed by atoms with E-state index in [0.717, 1.165) is 16.7 Å². The number of rotatable bonds is 8. The second-order valence-corrected chi connectivity index (χ2v) is 8.54. The molecule has 0 saturated heterocycles. The van der Waals surface area contributed by atoms with Crippen molar-refractivity contribution in [3.63, 3.8) is 0 Å². The molecule has 2 N–H and O–H groups in total. The maximum absolute atomic E-state index is 13.3. The van der Waals surface area contributed by atoms with E-state index in [-0.39, 0.29) is 42.8 Å². The van der Waals surface area contributed by atoms with Crippen LogP contribution < -0.4 is 21.9 Å².